The molecule has 0 spiro atoms. The fourth-order valence-corrected chi connectivity index (χ4v) is 5.90. The lowest BCUT2D eigenvalue weighted by Crippen LogP contribution is -2.38. The summed E-state index contributed by atoms with van der Waals surface area (Å²) in [7, 11) is 0. The van der Waals surface area contributed by atoms with Crippen LogP contribution in [0.4, 0.5) is 4.39 Å². The van der Waals surface area contributed by atoms with Crippen LogP contribution in [0.15, 0.2) is 41.3 Å². The monoisotopic (exact) mass is 476 g/mol. The number of aromatic nitrogens is 2. The topological polar surface area (TPSA) is 33.1 Å². The third-order valence-corrected chi connectivity index (χ3v) is 7.53. The average Bonchev–Trinajstić information content (AvgIpc) is 2.92. The van der Waals surface area contributed by atoms with Crippen molar-refractivity contribution < 1.29 is 4.39 Å². The van der Waals surface area contributed by atoms with Crippen molar-refractivity contribution in [2.24, 2.45) is 0 Å². The summed E-state index contributed by atoms with van der Waals surface area (Å²) in [5.41, 5.74) is 8.25. The van der Waals surface area contributed by atoms with E-state index < -0.39 is 0 Å². The van der Waals surface area contributed by atoms with Crippen LogP contribution in [-0.4, -0.2) is 27.9 Å². The summed E-state index contributed by atoms with van der Waals surface area (Å²) in [5, 5.41) is 8.39. The van der Waals surface area contributed by atoms with Crippen LogP contribution in [0.5, 0.6) is 0 Å². The van der Waals surface area contributed by atoms with Crippen LogP contribution in [0.25, 0.3) is 16.9 Å². The van der Waals surface area contributed by atoms with Crippen LogP contribution < -0.4 is 5.43 Å². The first kappa shape index (κ1) is 21.3. The maximum absolute atomic E-state index is 13.9. The van der Waals surface area contributed by atoms with Crippen LogP contribution in [-0.2, 0) is 12.3 Å². The highest BCUT2D eigenvalue weighted by atomic mass is 35.5. The fraction of sp³-hybridized carbons (Fsp3) is 0.348. The Morgan fingerprint density at radius 2 is 1.84 bits per heavy atom. The zero-order chi connectivity index (χ0) is 21.4. The molecule has 0 saturated carbocycles. The highest BCUT2D eigenvalue weighted by molar-refractivity contribution is 7.98. The lowest BCUT2D eigenvalue weighted by molar-refractivity contribution is 0.189. The van der Waals surface area contributed by atoms with Gasteiger partial charge in [-0.3, -0.25) is 0 Å². The number of hydrazine groups is 1. The van der Waals surface area contributed by atoms with E-state index >= 15 is 0 Å². The van der Waals surface area contributed by atoms with Crippen molar-refractivity contribution in [3.63, 3.8) is 0 Å². The first-order valence-electron chi connectivity index (χ1n) is 10.6. The van der Waals surface area contributed by atoms with E-state index in [4.69, 9.17) is 28.3 Å². The first-order valence-corrected chi connectivity index (χ1v) is 12.3. The maximum Gasteiger partial charge on any atom is 0.123 e. The van der Waals surface area contributed by atoms with Gasteiger partial charge in [-0.25, -0.2) is 19.5 Å². The van der Waals surface area contributed by atoms with Crippen LogP contribution >= 0.6 is 35.0 Å². The van der Waals surface area contributed by atoms with Gasteiger partial charge < -0.3 is 0 Å². The van der Waals surface area contributed by atoms with Gasteiger partial charge in [0.15, 0.2) is 0 Å². The van der Waals surface area contributed by atoms with Gasteiger partial charge in [0.05, 0.1) is 33.5 Å². The molecule has 0 amide bonds. The summed E-state index contributed by atoms with van der Waals surface area (Å²) < 4.78 is 15.8. The third-order valence-electron chi connectivity index (χ3n) is 5.82. The van der Waals surface area contributed by atoms with Crippen molar-refractivity contribution in [2.75, 3.05) is 13.1 Å². The standard InChI is InChI=1S/C23H23Cl2FN4S/c24-16-5-8-21(19(25)12-16)30-22-18-7-6-17(26)11-15(18)14-31-23(22)20(28-30)13-27-29-9-3-1-2-4-10-29/h5-8,11-12,27H,1-4,9-10,13-14H2. The maximum atomic E-state index is 13.9. The normalized spacial score (nSPS) is 16.6. The molecule has 1 fully saturated rings. The largest absolute Gasteiger partial charge is 0.249 e. The molecule has 0 aliphatic carbocycles. The van der Waals surface area contributed by atoms with Crippen molar-refractivity contribution >= 4 is 35.0 Å². The van der Waals surface area contributed by atoms with E-state index in [0.717, 1.165) is 51.9 Å². The molecular formula is C23H23Cl2FN4S. The molecule has 8 heteroatoms. The molecule has 3 aromatic rings. The predicted octanol–water partition coefficient (Wildman–Crippen LogP) is 6.47. The molecule has 3 heterocycles. The number of nitrogens with one attached hydrogen (secondary N) is 1. The van der Waals surface area contributed by atoms with E-state index in [2.05, 4.69) is 10.4 Å². The van der Waals surface area contributed by atoms with Gasteiger partial charge in [-0.2, -0.15) is 5.10 Å². The summed E-state index contributed by atoms with van der Waals surface area (Å²) >= 11 is 14.4. The van der Waals surface area contributed by atoms with Crippen LogP contribution in [0.2, 0.25) is 10.0 Å². The van der Waals surface area contributed by atoms with Gasteiger partial charge in [-0.1, -0.05) is 36.0 Å². The molecule has 1 aromatic heterocycles. The van der Waals surface area contributed by atoms with E-state index in [1.54, 1.807) is 23.9 Å². The summed E-state index contributed by atoms with van der Waals surface area (Å²) in [4.78, 5) is 1.12. The SMILES string of the molecule is Fc1ccc2c(c1)CSc1c(CNN3CCCCCC3)nn(-c3ccc(Cl)cc3Cl)c1-2. The first-order chi connectivity index (χ1) is 15.1. The molecule has 5 rings (SSSR count). The second-order valence-electron chi connectivity index (χ2n) is 7.96. The molecule has 0 unspecified atom stereocenters. The Balaban J connectivity index is 1.56. The van der Waals surface area contributed by atoms with E-state index in [-0.39, 0.29) is 5.82 Å². The van der Waals surface area contributed by atoms with Crippen LogP contribution in [0.1, 0.15) is 36.9 Å². The molecule has 0 atom stereocenters. The number of nitrogens with zero attached hydrogens (tertiary/aromatic N) is 3. The number of hydrogen-bond acceptors (Lipinski definition) is 4. The summed E-state index contributed by atoms with van der Waals surface area (Å²) in [6, 6.07) is 10.4. The fourth-order valence-electron chi connectivity index (χ4n) is 4.26. The number of benzene rings is 2. The molecule has 162 valence electrons. The molecule has 2 aliphatic heterocycles. The highest BCUT2D eigenvalue weighted by Gasteiger charge is 2.28. The Labute approximate surface area is 195 Å². The zero-order valence-corrected chi connectivity index (χ0v) is 19.3. The minimum atomic E-state index is -0.221. The van der Waals surface area contributed by atoms with Crippen molar-refractivity contribution in [2.45, 2.75) is 42.9 Å². The minimum absolute atomic E-state index is 0.221. The van der Waals surface area contributed by atoms with Crippen molar-refractivity contribution in [1.29, 1.82) is 0 Å². The number of rotatable bonds is 4. The van der Waals surface area contributed by atoms with E-state index in [1.807, 2.05) is 22.9 Å². The van der Waals surface area contributed by atoms with Gasteiger partial charge in [0.2, 0.25) is 0 Å². The van der Waals surface area contributed by atoms with Gasteiger partial charge in [0.1, 0.15) is 5.82 Å². The van der Waals surface area contributed by atoms with Crippen molar-refractivity contribution in [1.82, 2.24) is 20.2 Å². The third kappa shape index (κ3) is 4.37. The van der Waals surface area contributed by atoms with Crippen LogP contribution in [0, 0.1) is 5.82 Å². The summed E-state index contributed by atoms with van der Waals surface area (Å²) in [6.07, 6.45) is 5.02. The van der Waals surface area contributed by atoms with E-state index in [0.29, 0.717) is 16.6 Å². The highest BCUT2D eigenvalue weighted by Crippen LogP contribution is 2.45. The van der Waals surface area contributed by atoms with E-state index in [1.165, 1.54) is 31.7 Å². The van der Waals surface area contributed by atoms with Gasteiger partial charge >= 0.3 is 0 Å². The summed E-state index contributed by atoms with van der Waals surface area (Å²) in [6.45, 7) is 2.76. The Bertz CT molecular complexity index is 1110. The number of hydrogen-bond donors (Lipinski definition) is 1. The number of fused-ring (bicyclic) bond motifs is 3. The molecule has 2 aromatic carbocycles. The molecule has 1 N–H and O–H groups in total. The van der Waals surface area contributed by atoms with Crippen molar-refractivity contribution in [3.8, 4) is 16.9 Å². The second kappa shape index (κ2) is 9.12. The molecule has 0 bridgehead atoms. The van der Waals surface area contributed by atoms with E-state index in [9.17, 15) is 4.39 Å². The molecule has 31 heavy (non-hydrogen) atoms. The minimum Gasteiger partial charge on any atom is -0.249 e. The molecule has 4 nitrogen and oxygen atoms in total. The second-order valence-corrected chi connectivity index (χ2v) is 9.79. The Morgan fingerprint density at radius 3 is 2.61 bits per heavy atom. The van der Waals surface area contributed by atoms with Gasteiger partial charge in [-0.15, -0.1) is 11.8 Å². The van der Waals surface area contributed by atoms with Crippen molar-refractivity contribution in [3.05, 3.63) is 63.5 Å². The average molecular weight is 477 g/mol. The smallest absolute Gasteiger partial charge is 0.123 e. The molecule has 1 saturated heterocycles. The zero-order valence-electron chi connectivity index (χ0n) is 17.0. The predicted molar refractivity (Wildman–Crippen MR) is 125 cm³/mol. The number of thioether (sulfide) groups is 1. The molecule has 2 aliphatic rings. The number of halogens is 3. The lowest BCUT2D eigenvalue weighted by atomic mass is 10.0. The molecular weight excluding hydrogens is 454 g/mol. The van der Waals surface area contributed by atoms with Crippen LogP contribution in [0.3, 0.4) is 0 Å². The van der Waals surface area contributed by atoms with Gasteiger partial charge in [0, 0.05) is 29.4 Å². The Morgan fingerprint density at radius 1 is 1.03 bits per heavy atom. The summed E-state index contributed by atoms with van der Waals surface area (Å²) in [5.74, 6) is 0.498. The Kier molecular flexibility index (Phi) is 6.26. The molecule has 0 radical (unpaired) electrons. The Hall–Kier alpha value is -1.57. The quantitative estimate of drug-likeness (QED) is 0.467. The van der Waals surface area contributed by atoms with Gasteiger partial charge in [0.25, 0.3) is 0 Å². The lowest BCUT2D eigenvalue weighted by Gasteiger charge is -2.21. The van der Waals surface area contributed by atoms with Gasteiger partial charge in [-0.05, 0) is 54.8 Å².